The highest BCUT2D eigenvalue weighted by atomic mass is 19.1. The molecule has 9 heteroatoms. The number of benzene rings is 1. The fraction of sp³-hybridized carbons (Fsp3) is 0.200. The number of aliphatic hydroxyl groups is 1. The first-order valence-corrected chi connectivity index (χ1v) is 7.11. The van der Waals surface area contributed by atoms with E-state index in [0.29, 0.717) is 17.8 Å². The van der Waals surface area contributed by atoms with Crippen molar-refractivity contribution in [2.75, 3.05) is 6.61 Å². The summed E-state index contributed by atoms with van der Waals surface area (Å²) in [5.41, 5.74) is 6.94. The monoisotopic (exact) mass is 331 g/mol. The summed E-state index contributed by atoms with van der Waals surface area (Å²) in [5, 5.41) is 15.8. The minimum atomic E-state index is -0.906. The maximum absolute atomic E-state index is 12.9. The molecule has 0 saturated carbocycles. The van der Waals surface area contributed by atoms with Crippen molar-refractivity contribution < 1.29 is 18.8 Å². The van der Waals surface area contributed by atoms with Gasteiger partial charge in [-0.05, 0) is 24.3 Å². The Hall–Kier alpha value is -3.07. The number of nitrogens with two attached hydrogens (primary N) is 1. The van der Waals surface area contributed by atoms with Gasteiger partial charge in [0.1, 0.15) is 17.6 Å². The molecule has 1 aliphatic rings. The molecule has 0 radical (unpaired) electrons. The number of rotatable bonds is 5. The molecule has 0 fully saturated rings. The number of hydrogen-bond acceptors (Lipinski definition) is 7. The van der Waals surface area contributed by atoms with Gasteiger partial charge < -0.3 is 20.7 Å². The van der Waals surface area contributed by atoms with Gasteiger partial charge in [-0.3, -0.25) is 9.79 Å². The van der Waals surface area contributed by atoms with Crippen LogP contribution in [0.4, 0.5) is 4.39 Å². The lowest BCUT2D eigenvalue weighted by molar-refractivity contribution is 0.0901. The minimum absolute atomic E-state index is 0.0189. The Morgan fingerprint density at radius 3 is 2.79 bits per heavy atom. The van der Waals surface area contributed by atoms with E-state index in [4.69, 9.17) is 10.3 Å². The second kappa shape index (κ2) is 6.59. The molecule has 8 nitrogen and oxygen atoms in total. The molecule has 0 unspecified atom stereocenters. The molecule has 4 N–H and O–H groups in total. The number of aromatic nitrogens is 2. The second-order valence-corrected chi connectivity index (χ2v) is 5.06. The second-order valence-electron chi connectivity index (χ2n) is 5.06. The Morgan fingerprint density at radius 1 is 1.42 bits per heavy atom. The minimum Gasteiger partial charge on any atom is -0.400 e. The van der Waals surface area contributed by atoms with Crippen molar-refractivity contribution in [3.8, 4) is 0 Å². The Kier molecular flexibility index (Phi) is 4.34. The number of hydrogen-bond donors (Lipinski definition) is 3. The third-order valence-corrected chi connectivity index (χ3v) is 3.38. The number of amides is 1. The standard InChI is InChI=1S/C15H14FN5O3/c16-9-3-1-8(2-4-9)14(23)19-11(7-22)15-20-13(21-24-15)12-10(17)5-6-18-12/h1-4,6,11,22H,5,7,17H2,(H,19,23)/t11-/m0/s1. The average Bonchev–Trinajstić information content (AvgIpc) is 3.21. The zero-order chi connectivity index (χ0) is 17.1. The van der Waals surface area contributed by atoms with Crippen molar-refractivity contribution in [1.29, 1.82) is 0 Å². The fourth-order valence-corrected chi connectivity index (χ4v) is 2.12. The molecule has 24 heavy (non-hydrogen) atoms. The summed E-state index contributed by atoms with van der Waals surface area (Å²) in [7, 11) is 0. The van der Waals surface area contributed by atoms with Crippen molar-refractivity contribution in [3.05, 3.63) is 53.1 Å². The highest BCUT2D eigenvalue weighted by Crippen LogP contribution is 2.22. The number of aliphatic hydroxyl groups excluding tert-OH is 1. The van der Waals surface area contributed by atoms with Gasteiger partial charge in [0, 0.05) is 23.9 Å². The van der Waals surface area contributed by atoms with Crippen molar-refractivity contribution >= 4 is 17.8 Å². The zero-order valence-electron chi connectivity index (χ0n) is 12.4. The van der Waals surface area contributed by atoms with Gasteiger partial charge in [0.2, 0.25) is 5.82 Å². The quantitative estimate of drug-likeness (QED) is 0.743. The van der Waals surface area contributed by atoms with Crippen molar-refractivity contribution in [3.63, 3.8) is 0 Å². The molecule has 2 heterocycles. The van der Waals surface area contributed by atoms with E-state index in [1.165, 1.54) is 24.3 Å². The molecule has 1 amide bonds. The highest BCUT2D eigenvalue weighted by Gasteiger charge is 2.23. The van der Waals surface area contributed by atoms with E-state index in [9.17, 15) is 14.3 Å². The number of nitrogens with zero attached hydrogens (tertiary/aromatic N) is 3. The Balaban J connectivity index is 1.76. The summed E-state index contributed by atoms with van der Waals surface area (Å²) in [4.78, 5) is 20.3. The molecule has 3 rings (SSSR count). The fourth-order valence-electron chi connectivity index (χ4n) is 2.12. The van der Waals surface area contributed by atoms with E-state index < -0.39 is 24.4 Å². The molecule has 2 aromatic rings. The zero-order valence-corrected chi connectivity index (χ0v) is 12.4. The maximum atomic E-state index is 12.9. The Bertz CT molecular complexity index is 813. The predicted octanol–water partition coefficient (Wildman–Crippen LogP) is 0.774. The third kappa shape index (κ3) is 3.15. The van der Waals surface area contributed by atoms with Gasteiger partial charge in [0.25, 0.3) is 11.8 Å². The van der Waals surface area contributed by atoms with Gasteiger partial charge >= 0.3 is 0 Å². The molecule has 0 saturated heterocycles. The summed E-state index contributed by atoms with van der Waals surface area (Å²) in [6, 6.07) is 4.09. The lowest BCUT2D eigenvalue weighted by Gasteiger charge is -2.12. The molecule has 0 aliphatic carbocycles. The largest absolute Gasteiger partial charge is 0.400 e. The molecule has 1 aromatic carbocycles. The lowest BCUT2D eigenvalue weighted by atomic mass is 10.2. The lowest BCUT2D eigenvalue weighted by Crippen LogP contribution is -2.31. The smallest absolute Gasteiger partial charge is 0.251 e. The van der Waals surface area contributed by atoms with Crippen LogP contribution in [0.25, 0.3) is 5.70 Å². The van der Waals surface area contributed by atoms with E-state index >= 15 is 0 Å². The number of carbonyl (C=O) groups is 1. The number of nitrogens with one attached hydrogen (secondary N) is 1. The molecular weight excluding hydrogens is 317 g/mol. The summed E-state index contributed by atoms with van der Waals surface area (Å²) < 4.78 is 18.0. The van der Waals surface area contributed by atoms with Crippen LogP contribution in [0, 0.1) is 5.82 Å². The number of carbonyl (C=O) groups excluding carboxylic acids is 1. The van der Waals surface area contributed by atoms with Crippen LogP contribution in [0.3, 0.4) is 0 Å². The average molecular weight is 331 g/mol. The Labute approximate surface area is 135 Å². The van der Waals surface area contributed by atoms with E-state index in [1.54, 1.807) is 6.21 Å². The number of halogens is 1. The summed E-state index contributed by atoms with van der Waals surface area (Å²) >= 11 is 0. The number of allylic oxidation sites excluding steroid dienone is 1. The molecule has 1 aromatic heterocycles. The van der Waals surface area contributed by atoms with E-state index in [1.807, 2.05) is 0 Å². The third-order valence-electron chi connectivity index (χ3n) is 3.38. The SMILES string of the molecule is NC1=C(c2noc([C@H](CO)NC(=O)c3ccc(F)cc3)n2)N=CC1. The van der Waals surface area contributed by atoms with Crippen LogP contribution in [0.2, 0.25) is 0 Å². The molecule has 1 atom stereocenters. The van der Waals surface area contributed by atoms with Crippen LogP contribution >= 0.6 is 0 Å². The first-order chi connectivity index (χ1) is 11.6. The summed E-state index contributed by atoms with van der Waals surface area (Å²) in [6.07, 6.45) is 2.13. The van der Waals surface area contributed by atoms with Gasteiger partial charge in [0.15, 0.2) is 0 Å². The highest BCUT2D eigenvalue weighted by molar-refractivity contribution is 5.94. The van der Waals surface area contributed by atoms with Crippen LogP contribution in [0.1, 0.15) is 34.5 Å². The molecule has 124 valence electrons. The van der Waals surface area contributed by atoms with Crippen LogP contribution in [-0.2, 0) is 0 Å². The first kappa shape index (κ1) is 15.8. The van der Waals surface area contributed by atoms with E-state index in [2.05, 4.69) is 20.4 Å². The van der Waals surface area contributed by atoms with Crippen LogP contribution in [0.5, 0.6) is 0 Å². The normalized spacial score (nSPS) is 14.9. The molecule has 1 aliphatic heterocycles. The number of aliphatic imine (C=N–C) groups is 1. The van der Waals surface area contributed by atoms with Crippen molar-refractivity contribution in [2.45, 2.75) is 12.5 Å². The van der Waals surface area contributed by atoms with Crippen LogP contribution in [-0.4, -0.2) is 34.0 Å². The van der Waals surface area contributed by atoms with Gasteiger partial charge in [0.05, 0.1) is 6.61 Å². The first-order valence-electron chi connectivity index (χ1n) is 7.11. The molecule has 0 spiro atoms. The molecular formula is C15H14FN5O3. The Morgan fingerprint density at radius 2 is 2.17 bits per heavy atom. The van der Waals surface area contributed by atoms with Gasteiger partial charge in [-0.25, -0.2) is 4.39 Å². The van der Waals surface area contributed by atoms with Crippen LogP contribution in [0.15, 0.2) is 39.5 Å². The van der Waals surface area contributed by atoms with Gasteiger partial charge in [-0.15, -0.1) is 0 Å². The summed E-state index contributed by atoms with van der Waals surface area (Å²) in [5.74, 6) is -0.753. The van der Waals surface area contributed by atoms with E-state index in [-0.39, 0.29) is 17.3 Å². The van der Waals surface area contributed by atoms with Crippen LogP contribution < -0.4 is 11.1 Å². The van der Waals surface area contributed by atoms with Gasteiger partial charge in [-0.2, -0.15) is 4.98 Å². The van der Waals surface area contributed by atoms with E-state index in [0.717, 1.165) is 0 Å². The van der Waals surface area contributed by atoms with Gasteiger partial charge in [-0.1, -0.05) is 5.16 Å². The maximum Gasteiger partial charge on any atom is 0.251 e. The topological polar surface area (TPSA) is 127 Å². The summed E-state index contributed by atoms with van der Waals surface area (Å²) in [6.45, 7) is -0.452. The van der Waals surface area contributed by atoms with Crippen molar-refractivity contribution in [1.82, 2.24) is 15.5 Å². The predicted molar refractivity (Wildman–Crippen MR) is 82.2 cm³/mol. The van der Waals surface area contributed by atoms with Crippen molar-refractivity contribution in [2.24, 2.45) is 10.7 Å². The molecule has 0 bridgehead atoms.